The number of methoxy groups -OCH3 is 2. The zero-order valence-corrected chi connectivity index (χ0v) is 19.7. The summed E-state index contributed by atoms with van der Waals surface area (Å²) in [6.45, 7) is 2.39. The molecule has 0 aliphatic carbocycles. The fraction of sp³-hybridized carbons (Fsp3) is 0.231. The van der Waals surface area contributed by atoms with Gasteiger partial charge in [0.2, 0.25) is 0 Å². The predicted octanol–water partition coefficient (Wildman–Crippen LogP) is 3.88. The molecule has 4 rings (SSSR count). The van der Waals surface area contributed by atoms with Crippen LogP contribution < -0.4 is 10.3 Å². The molecule has 2 aromatic carbocycles. The van der Waals surface area contributed by atoms with Crippen LogP contribution in [0.3, 0.4) is 0 Å². The molecule has 0 N–H and O–H groups in total. The lowest BCUT2D eigenvalue weighted by Gasteiger charge is -2.12. The third-order valence-electron chi connectivity index (χ3n) is 5.52. The van der Waals surface area contributed by atoms with Gasteiger partial charge in [-0.25, -0.2) is 9.59 Å². The van der Waals surface area contributed by atoms with Crippen molar-refractivity contribution in [1.82, 2.24) is 14.3 Å². The van der Waals surface area contributed by atoms with E-state index >= 15 is 0 Å². The molecule has 0 spiro atoms. The summed E-state index contributed by atoms with van der Waals surface area (Å²) in [7, 11) is 2.82. The summed E-state index contributed by atoms with van der Waals surface area (Å²) in [6.07, 6.45) is 4.89. The molecule has 2 aliphatic rings. The van der Waals surface area contributed by atoms with Gasteiger partial charge in [0.05, 0.1) is 37.6 Å². The summed E-state index contributed by atoms with van der Waals surface area (Å²) in [5.41, 5.74) is 1.80. The van der Waals surface area contributed by atoms with Gasteiger partial charge < -0.3 is 18.8 Å². The maximum Gasteiger partial charge on any atom is 0.341 e. The molecular formula is C26H25N3O6. The van der Waals surface area contributed by atoms with Crippen molar-refractivity contribution >= 4 is 11.9 Å². The number of hydrogen-bond donors (Lipinski definition) is 0. The first-order valence-corrected chi connectivity index (χ1v) is 11.1. The van der Waals surface area contributed by atoms with Crippen LogP contribution in [0.15, 0.2) is 65.7 Å². The van der Waals surface area contributed by atoms with Crippen LogP contribution in [-0.4, -0.2) is 47.1 Å². The highest BCUT2D eigenvalue weighted by Gasteiger charge is 2.25. The van der Waals surface area contributed by atoms with Crippen molar-refractivity contribution in [3.63, 3.8) is 0 Å². The van der Waals surface area contributed by atoms with Crippen molar-refractivity contribution in [2.24, 2.45) is 0 Å². The standard InChI is InChI=1S/C26H25N3O6/c1-4-5-14-35-25(31)17-6-8-18(9-7-17)28-15-21-23(22(16-28)26(32)34-3)27-29(24(21)30)19-10-12-20(33-2)13-11-19/h6-13,15-16H,4-5,14H2,1-3H3. The average Bonchev–Trinajstić information content (AvgIpc) is 3.24. The van der Waals surface area contributed by atoms with E-state index in [1.165, 1.54) is 11.8 Å². The molecule has 0 radical (unpaired) electrons. The number of unbranched alkanes of at least 4 members (excludes halogenated alkanes) is 1. The lowest BCUT2D eigenvalue weighted by atomic mass is 10.1. The van der Waals surface area contributed by atoms with Gasteiger partial charge >= 0.3 is 11.9 Å². The first-order chi connectivity index (χ1) is 17.0. The Balaban J connectivity index is 1.76. The van der Waals surface area contributed by atoms with Gasteiger partial charge in [0, 0.05) is 18.1 Å². The number of esters is 2. The highest BCUT2D eigenvalue weighted by Crippen LogP contribution is 2.25. The molecule has 0 amide bonds. The highest BCUT2D eigenvalue weighted by atomic mass is 16.5. The first kappa shape index (κ1) is 23.7. The van der Waals surface area contributed by atoms with Gasteiger partial charge in [-0.15, -0.1) is 0 Å². The maximum absolute atomic E-state index is 13.2. The molecule has 0 unspecified atom stereocenters. The second-order valence-corrected chi connectivity index (χ2v) is 7.78. The Bertz CT molecular complexity index is 1370. The molecule has 0 saturated heterocycles. The van der Waals surface area contributed by atoms with E-state index in [0.29, 0.717) is 29.3 Å². The molecule has 0 atom stereocenters. The molecular weight excluding hydrogens is 450 g/mol. The van der Waals surface area contributed by atoms with Gasteiger partial charge in [0.1, 0.15) is 17.0 Å². The van der Waals surface area contributed by atoms with E-state index in [1.807, 2.05) is 6.92 Å². The average molecular weight is 476 g/mol. The number of aromatic nitrogens is 3. The monoisotopic (exact) mass is 475 g/mol. The molecule has 2 aromatic rings. The molecule has 0 bridgehead atoms. The Labute approximate surface area is 201 Å². The van der Waals surface area contributed by atoms with E-state index in [4.69, 9.17) is 14.2 Å². The number of pyridine rings is 1. The normalized spacial score (nSPS) is 10.8. The summed E-state index contributed by atoms with van der Waals surface area (Å²) in [4.78, 5) is 38.0. The lowest BCUT2D eigenvalue weighted by molar-refractivity contribution is 0.0499. The number of ether oxygens (including phenoxy) is 3. The van der Waals surface area contributed by atoms with E-state index in [2.05, 4.69) is 5.10 Å². The van der Waals surface area contributed by atoms with E-state index in [0.717, 1.165) is 12.8 Å². The molecule has 35 heavy (non-hydrogen) atoms. The fourth-order valence-corrected chi connectivity index (χ4v) is 3.58. The minimum Gasteiger partial charge on any atom is -0.497 e. The largest absolute Gasteiger partial charge is 0.497 e. The van der Waals surface area contributed by atoms with Crippen LogP contribution in [-0.2, 0) is 9.47 Å². The number of fused-ring (bicyclic) bond motifs is 1. The fourth-order valence-electron chi connectivity index (χ4n) is 3.58. The van der Waals surface area contributed by atoms with Crippen molar-refractivity contribution in [2.75, 3.05) is 20.8 Å². The second kappa shape index (κ2) is 10.3. The third kappa shape index (κ3) is 4.79. The third-order valence-corrected chi connectivity index (χ3v) is 5.52. The van der Waals surface area contributed by atoms with Gasteiger partial charge in [0.15, 0.2) is 0 Å². The van der Waals surface area contributed by atoms with Crippen LogP contribution in [0.25, 0.3) is 22.6 Å². The van der Waals surface area contributed by atoms with Gasteiger partial charge in [-0.1, -0.05) is 13.3 Å². The van der Waals surface area contributed by atoms with Crippen LogP contribution >= 0.6 is 0 Å². The molecule has 0 fully saturated rings. The Kier molecular flexibility index (Phi) is 6.96. The smallest absolute Gasteiger partial charge is 0.341 e. The second-order valence-electron chi connectivity index (χ2n) is 7.78. The van der Waals surface area contributed by atoms with Crippen molar-refractivity contribution in [2.45, 2.75) is 19.8 Å². The molecule has 2 heterocycles. The summed E-state index contributed by atoms with van der Waals surface area (Å²) in [6, 6.07) is 13.5. The summed E-state index contributed by atoms with van der Waals surface area (Å²) >= 11 is 0. The number of benzene rings is 2. The van der Waals surface area contributed by atoms with Gasteiger partial charge in [-0.3, -0.25) is 4.79 Å². The van der Waals surface area contributed by atoms with Crippen LogP contribution in [0.1, 0.15) is 40.5 Å². The summed E-state index contributed by atoms with van der Waals surface area (Å²) in [5.74, 6) is -0.383. The van der Waals surface area contributed by atoms with Crippen LogP contribution in [0.2, 0.25) is 0 Å². The van der Waals surface area contributed by atoms with E-state index < -0.39 is 11.9 Å². The molecule has 180 valence electrons. The molecule has 9 nitrogen and oxygen atoms in total. The van der Waals surface area contributed by atoms with Gasteiger partial charge in [0.25, 0.3) is 5.56 Å². The van der Waals surface area contributed by atoms with E-state index in [-0.39, 0.29) is 22.4 Å². The topological polar surface area (TPSA) is 102 Å². The van der Waals surface area contributed by atoms with Crippen LogP contribution in [0.5, 0.6) is 5.75 Å². The van der Waals surface area contributed by atoms with Crippen molar-refractivity contribution in [3.05, 3.63) is 82.4 Å². The zero-order valence-electron chi connectivity index (χ0n) is 19.7. The summed E-state index contributed by atoms with van der Waals surface area (Å²) in [5, 5.41) is 4.40. The number of hydrogen-bond acceptors (Lipinski definition) is 7. The van der Waals surface area contributed by atoms with Crippen molar-refractivity contribution < 1.29 is 23.8 Å². The number of carbonyl (C=O) groups excluding carboxylic acids is 2. The number of carbonyl (C=O) groups is 2. The Morgan fingerprint density at radius 1 is 0.914 bits per heavy atom. The van der Waals surface area contributed by atoms with E-state index in [1.54, 1.807) is 72.6 Å². The molecule has 0 saturated carbocycles. The Morgan fingerprint density at radius 2 is 1.60 bits per heavy atom. The van der Waals surface area contributed by atoms with Crippen molar-refractivity contribution in [3.8, 4) is 28.4 Å². The summed E-state index contributed by atoms with van der Waals surface area (Å²) < 4.78 is 18.2. The Hall–Kier alpha value is -4.40. The lowest BCUT2D eigenvalue weighted by Crippen LogP contribution is -2.15. The quantitative estimate of drug-likeness (QED) is 0.282. The van der Waals surface area contributed by atoms with Crippen LogP contribution in [0, 0.1) is 0 Å². The highest BCUT2D eigenvalue weighted by molar-refractivity contribution is 5.96. The first-order valence-electron chi connectivity index (χ1n) is 11.1. The zero-order chi connectivity index (χ0) is 24.9. The van der Waals surface area contributed by atoms with Gasteiger partial charge in [-0.2, -0.15) is 9.78 Å². The Morgan fingerprint density at radius 3 is 2.23 bits per heavy atom. The molecule has 9 heteroatoms. The van der Waals surface area contributed by atoms with Crippen molar-refractivity contribution in [1.29, 1.82) is 0 Å². The minimum atomic E-state index is -0.625. The minimum absolute atomic E-state index is 0.136. The number of rotatable bonds is 8. The SMILES string of the molecule is CCCCOC(=O)c1ccc(-n2cc(C(=O)OC)c3nn(-c4ccc(OC)cc4)c(=O)c-3c2)cc1. The predicted molar refractivity (Wildman–Crippen MR) is 129 cm³/mol. The number of nitrogens with zero attached hydrogens (tertiary/aromatic N) is 3. The molecule has 0 aromatic heterocycles. The van der Waals surface area contributed by atoms with E-state index in [9.17, 15) is 14.4 Å². The molecule has 2 aliphatic heterocycles. The maximum atomic E-state index is 13.2. The van der Waals surface area contributed by atoms with Crippen LogP contribution in [0.4, 0.5) is 0 Å². The van der Waals surface area contributed by atoms with Gasteiger partial charge in [-0.05, 0) is 55.0 Å².